The van der Waals surface area contributed by atoms with Crippen molar-refractivity contribution in [1.29, 1.82) is 0 Å². The Morgan fingerprint density at radius 2 is 1.88 bits per heavy atom. The molecule has 1 aromatic heterocycles. The molecule has 1 N–H and O–H groups in total. The van der Waals surface area contributed by atoms with Crippen molar-refractivity contribution >= 4 is 11.6 Å². The average Bonchev–Trinajstić information content (AvgIpc) is 3.31. The van der Waals surface area contributed by atoms with Crippen LogP contribution in [-0.2, 0) is 16.8 Å². The fourth-order valence-electron chi connectivity index (χ4n) is 4.36. The van der Waals surface area contributed by atoms with Crippen LogP contribution in [0.5, 0.6) is 5.75 Å². The van der Waals surface area contributed by atoms with Gasteiger partial charge in [0.1, 0.15) is 5.75 Å². The molecule has 0 saturated heterocycles. The van der Waals surface area contributed by atoms with Crippen molar-refractivity contribution in [2.45, 2.75) is 77.7 Å². The molecular formula is C29H39N3O2. The van der Waals surface area contributed by atoms with Crippen LogP contribution >= 0.6 is 0 Å². The van der Waals surface area contributed by atoms with Crippen LogP contribution in [-0.4, -0.2) is 22.8 Å². The number of hydrogen-bond donors (Lipinski definition) is 1. The number of benzene rings is 2. The number of nitrogens with zero attached hydrogens (tertiary/aromatic N) is 2. The van der Waals surface area contributed by atoms with Crippen LogP contribution in [0.15, 0.2) is 60.9 Å². The highest BCUT2D eigenvalue weighted by atomic mass is 16.5. The van der Waals surface area contributed by atoms with Gasteiger partial charge in [-0.05, 0) is 58.7 Å². The number of hydrogen-bond acceptors (Lipinski definition) is 3. The summed E-state index contributed by atoms with van der Waals surface area (Å²) in [4.78, 5) is 13.3. The molecule has 3 rings (SSSR count). The molecule has 3 aromatic rings. The van der Waals surface area contributed by atoms with Crippen molar-refractivity contribution in [2.75, 3.05) is 12.4 Å². The number of methoxy groups -OCH3 is 1. The van der Waals surface area contributed by atoms with Crippen molar-refractivity contribution < 1.29 is 9.53 Å². The van der Waals surface area contributed by atoms with Crippen molar-refractivity contribution in [3.63, 3.8) is 0 Å². The fourth-order valence-corrected chi connectivity index (χ4v) is 4.36. The number of carbonyl (C=O) groups is 1. The highest BCUT2D eigenvalue weighted by molar-refractivity contribution is 5.92. The molecule has 0 spiro atoms. The summed E-state index contributed by atoms with van der Waals surface area (Å²) in [5.41, 5.74) is 4.25. The van der Waals surface area contributed by atoms with Crippen molar-refractivity contribution in [3.05, 3.63) is 77.6 Å². The van der Waals surface area contributed by atoms with Crippen LogP contribution in [0.1, 0.15) is 82.4 Å². The van der Waals surface area contributed by atoms with Gasteiger partial charge >= 0.3 is 0 Å². The maximum atomic E-state index is 13.3. The van der Waals surface area contributed by atoms with Gasteiger partial charge in [-0.15, -0.1) is 0 Å². The molecule has 0 bridgehead atoms. The standard InChI is InChI=1S/C29H39N3O2/c1-6-7-8-10-24(23-12-14-25(34-5)15-13-23)20-28(33)31-27-19-22(21-32-18-9-17-30-32)11-16-26(27)29(2,3)4/h9,11-19,24H,6-8,10,20-21H2,1-5H3,(H,31,33). The first-order chi connectivity index (χ1) is 16.3. The molecule has 5 heteroatoms. The minimum atomic E-state index is -0.0800. The number of carbonyl (C=O) groups excluding carboxylic acids is 1. The van der Waals surface area contributed by atoms with E-state index in [4.69, 9.17) is 4.74 Å². The lowest BCUT2D eigenvalue weighted by atomic mass is 9.85. The van der Waals surface area contributed by atoms with E-state index in [2.05, 4.69) is 68.4 Å². The van der Waals surface area contributed by atoms with Gasteiger partial charge in [-0.1, -0.05) is 71.2 Å². The molecule has 0 aliphatic carbocycles. The van der Waals surface area contributed by atoms with Crippen molar-refractivity contribution in [1.82, 2.24) is 9.78 Å². The Balaban J connectivity index is 1.79. The zero-order chi connectivity index (χ0) is 24.6. The highest BCUT2D eigenvalue weighted by Crippen LogP contribution is 2.32. The second kappa shape index (κ2) is 11.9. The van der Waals surface area contributed by atoms with Crippen molar-refractivity contribution in [3.8, 4) is 5.75 Å². The van der Waals surface area contributed by atoms with E-state index in [0.717, 1.165) is 35.4 Å². The molecule has 5 nitrogen and oxygen atoms in total. The van der Waals surface area contributed by atoms with Gasteiger partial charge in [0.25, 0.3) is 0 Å². The number of rotatable bonds is 11. The molecule has 0 fully saturated rings. The van der Waals surface area contributed by atoms with Crippen LogP contribution < -0.4 is 10.1 Å². The zero-order valence-electron chi connectivity index (χ0n) is 21.3. The van der Waals surface area contributed by atoms with E-state index in [0.29, 0.717) is 13.0 Å². The Kier molecular flexibility index (Phi) is 8.91. The highest BCUT2D eigenvalue weighted by Gasteiger charge is 2.22. The van der Waals surface area contributed by atoms with Gasteiger partial charge in [0.2, 0.25) is 5.91 Å². The van der Waals surface area contributed by atoms with Gasteiger partial charge in [-0.25, -0.2) is 0 Å². The van der Waals surface area contributed by atoms with Crippen LogP contribution in [0.2, 0.25) is 0 Å². The van der Waals surface area contributed by atoms with E-state index in [9.17, 15) is 4.79 Å². The van der Waals surface area contributed by atoms with Gasteiger partial charge in [0.15, 0.2) is 0 Å². The van der Waals surface area contributed by atoms with E-state index in [1.165, 1.54) is 18.4 Å². The summed E-state index contributed by atoms with van der Waals surface area (Å²) >= 11 is 0. The molecule has 0 saturated carbocycles. The van der Waals surface area contributed by atoms with Crippen LogP contribution in [0, 0.1) is 0 Å². The minimum absolute atomic E-state index is 0.0547. The number of ether oxygens (including phenoxy) is 1. The average molecular weight is 462 g/mol. The molecular weight excluding hydrogens is 422 g/mol. The van der Waals surface area contributed by atoms with E-state index >= 15 is 0 Å². The van der Waals surface area contributed by atoms with Crippen LogP contribution in [0.25, 0.3) is 0 Å². The monoisotopic (exact) mass is 461 g/mol. The summed E-state index contributed by atoms with van der Waals surface area (Å²) in [5, 5.41) is 7.57. The molecule has 34 heavy (non-hydrogen) atoms. The maximum Gasteiger partial charge on any atom is 0.224 e. The molecule has 182 valence electrons. The lowest BCUT2D eigenvalue weighted by Crippen LogP contribution is -2.21. The number of anilines is 1. The van der Waals surface area contributed by atoms with E-state index in [-0.39, 0.29) is 17.2 Å². The Bertz CT molecular complexity index is 1030. The Labute approximate surface area is 204 Å². The first-order valence-corrected chi connectivity index (χ1v) is 12.3. The molecule has 1 amide bonds. The molecule has 2 aromatic carbocycles. The van der Waals surface area contributed by atoms with Crippen LogP contribution in [0.3, 0.4) is 0 Å². The van der Waals surface area contributed by atoms with Gasteiger partial charge in [-0.2, -0.15) is 5.10 Å². The van der Waals surface area contributed by atoms with Crippen LogP contribution in [0.4, 0.5) is 5.69 Å². The Morgan fingerprint density at radius 3 is 2.50 bits per heavy atom. The quantitative estimate of drug-likeness (QED) is 0.315. The van der Waals surface area contributed by atoms with E-state index < -0.39 is 0 Å². The first-order valence-electron chi connectivity index (χ1n) is 12.3. The summed E-state index contributed by atoms with van der Waals surface area (Å²) in [6.07, 6.45) is 8.66. The van der Waals surface area contributed by atoms with Gasteiger partial charge < -0.3 is 10.1 Å². The number of nitrogens with one attached hydrogen (secondary N) is 1. The van der Waals surface area contributed by atoms with E-state index in [1.54, 1.807) is 13.3 Å². The molecule has 0 aliphatic heterocycles. The third kappa shape index (κ3) is 7.21. The summed E-state index contributed by atoms with van der Waals surface area (Å²) in [6, 6.07) is 16.4. The molecule has 1 atom stereocenters. The van der Waals surface area contributed by atoms with E-state index in [1.807, 2.05) is 29.1 Å². The third-order valence-corrected chi connectivity index (χ3v) is 6.24. The molecule has 1 heterocycles. The van der Waals surface area contributed by atoms with Crippen molar-refractivity contribution in [2.24, 2.45) is 0 Å². The second-order valence-corrected chi connectivity index (χ2v) is 10.1. The summed E-state index contributed by atoms with van der Waals surface area (Å²) in [6.45, 7) is 9.41. The number of amides is 1. The smallest absolute Gasteiger partial charge is 0.224 e. The molecule has 0 aliphatic rings. The Hall–Kier alpha value is -3.08. The summed E-state index contributed by atoms with van der Waals surface area (Å²) < 4.78 is 7.21. The maximum absolute atomic E-state index is 13.3. The number of unbranched alkanes of at least 4 members (excludes halogenated alkanes) is 2. The SMILES string of the molecule is CCCCCC(CC(=O)Nc1cc(Cn2cccn2)ccc1C(C)(C)C)c1ccc(OC)cc1. The lowest BCUT2D eigenvalue weighted by molar-refractivity contribution is -0.116. The third-order valence-electron chi connectivity index (χ3n) is 6.24. The number of aromatic nitrogens is 2. The summed E-state index contributed by atoms with van der Waals surface area (Å²) in [7, 11) is 1.68. The first kappa shape index (κ1) is 25.5. The largest absolute Gasteiger partial charge is 0.497 e. The lowest BCUT2D eigenvalue weighted by Gasteiger charge is -2.25. The topological polar surface area (TPSA) is 56.2 Å². The molecule has 1 unspecified atom stereocenters. The van der Waals surface area contributed by atoms with Gasteiger partial charge in [-0.3, -0.25) is 9.48 Å². The van der Waals surface area contributed by atoms with Gasteiger partial charge in [0.05, 0.1) is 13.7 Å². The normalized spacial score (nSPS) is 12.4. The predicted octanol–water partition coefficient (Wildman–Crippen LogP) is 6.93. The predicted molar refractivity (Wildman–Crippen MR) is 140 cm³/mol. The zero-order valence-corrected chi connectivity index (χ0v) is 21.3. The minimum Gasteiger partial charge on any atom is -0.497 e. The molecule has 0 radical (unpaired) electrons. The van der Waals surface area contributed by atoms with Gasteiger partial charge in [0, 0.05) is 24.5 Å². The fraction of sp³-hybridized carbons (Fsp3) is 0.448. The second-order valence-electron chi connectivity index (χ2n) is 10.1. The Morgan fingerprint density at radius 1 is 1.12 bits per heavy atom. The summed E-state index contributed by atoms with van der Waals surface area (Å²) in [5.74, 6) is 1.08.